The molecule has 0 bridgehead atoms. The minimum Gasteiger partial charge on any atom is -0.373 e. The van der Waals surface area contributed by atoms with E-state index in [-0.39, 0.29) is 12.0 Å². The number of aryl methyl sites for hydroxylation is 1. The van der Waals surface area contributed by atoms with Crippen molar-refractivity contribution in [2.75, 3.05) is 37.7 Å². The number of hydrogen-bond donors (Lipinski definition) is 0. The molecule has 0 saturated carbocycles. The van der Waals surface area contributed by atoms with Gasteiger partial charge in [0, 0.05) is 45.6 Å². The number of rotatable bonds is 3. The second-order valence-corrected chi connectivity index (χ2v) is 6.72. The van der Waals surface area contributed by atoms with Crippen LogP contribution >= 0.6 is 0 Å². The van der Waals surface area contributed by atoms with Crippen molar-refractivity contribution in [3.8, 4) is 0 Å². The Morgan fingerprint density at radius 3 is 2.80 bits per heavy atom. The molecule has 132 valence electrons. The first-order chi connectivity index (χ1) is 12.2. The Bertz CT molecular complexity index is 749. The summed E-state index contributed by atoms with van der Waals surface area (Å²) in [6.45, 7) is 3.80. The molecule has 1 aromatic carbocycles. The standard InChI is InChI=1S/C19H24N4O2/c1-21-8-7-20-19(21)23-11-9-22(10-12-23)18(24)14-17-16-5-3-2-4-15(16)6-13-25-17/h2-5,7-8,17H,6,9-14H2,1H3. The Labute approximate surface area is 148 Å². The number of fused-ring (bicyclic) bond motifs is 1. The van der Waals surface area contributed by atoms with Crippen LogP contribution in [0.15, 0.2) is 36.7 Å². The van der Waals surface area contributed by atoms with Gasteiger partial charge in [0.05, 0.1) is 19.1 Å². The van der Waals surface area contributed by atoms with E-state index in [1.165, 1.54) is 11.1 Å². The predicted octanol–water partition coefficient (Wildman–Crippen LogP) is 1.77. The van der Waals surface area contributed by atoms with E-state index >= 15 is 0 Å². The number of carbonyl (C=O) groups excluding carboxylic acids is 1. The number of nitrogens with zero attached hydrogens (tertiary/aromatic N) is 4. The van der Waals surface area contributed by atoms with Gasteiger partial charge in [0.2, 0.25) is 11.9 Å². The highest BCUT2D eigenvalue weighted by molar-refractivity contribution is 5.77. The van der Waals surface area contributed by atoms with Gasteiger partial charge in [0.1, 0.15) is 0 Å². The van der Waals surface area contributed by atoms with Crippen molar-refractivity contribution in [3.63, 3.8) is 0 Å². The van der Waals surface area contributed by atoms with Crippen LogP contribution in [0.4, 0.5) is 5.95 Å². The number of ether oxygens (including phenoxy) is 1. The summed E-state index contributed by atoms with van der Waals surface area (Å²) < 4.78 is 7.91. The lowest BCUT2D eigenvalue weighted by Crippen LogP contribution is -2.49. The molecule has 25 heavy (non-hydrogen) atoms. The zero-order valence-corrected chi connectivity index (χ0v) is 14.6. The predicted molar refractivity (Wildman–Crippen MR) is 95.5 cm³/mol. The van der Waals surface area contributed by atoms with Gasteiger partial charge in [-0.25, -0.2) is 4.98 Å². The van der Waals surface area contributed by atoms with Crippen molar-refractivity contribution in [3.05, 3.63) is 47.8 Å². The molecule has 1 aromatic heterocycles. The maximum Gasteiger partial charge on any atom is 0.225 e. The molecule has 1 unspecified atom stereocenters. The smallest absolute Gasteiger partial charge is 0.225 e. The lowest BCUT2D eigenvalue weighted by Gasteiger charge is -2.36. The van der Waals surface area contributed by atoms with Crippen LogP contribution in [0.2, 0.25) is 0 Å². The number of amides is 1. The first-order valence-corrected chi connectivity index (χ1v) is 8.92. The molecule has 1 atom stereocenters. The van der Waals surface area contributed by atoms with E-state index in [4.69, 9.17) is 4.74 Å². The van der Waals surface area contributed by atoms with Crippen LogP contribution in [0.25, 0.3) is 0 Å². The zero-order valence-electron chi connectivity index (χ0n) is 14.6. The minimum absolute atomic E-state index is 0.106. The Kier molecular flexibility index (Phi) is 4.44. The quantitative estimate of drug-likeness (QED) is 0.855. The van der Waals surface area contributed by atoms with E-state index in [0.717, 1.165) is 38.5 Å². The number of hydrogen-bond acceptors (Lipinski definition) is 4. The van der Waals surface area contributed by atoms with Gasteiger partial charge < -0.3 is 19.1 Å². The van der Waals surface area contributed by atoms with Crippen LogP contribution in [0.3, 0.4) is 0 Å². The van der Waals surface area contributed by atoms with Gasteiger partial charge in [-0.3, -0.25) is 4.79 Å². The molecule has 0 N–H and O–H groups in total. The maximum atomic E-state index is 12.7. The van der Waals surface area contributed by atoms with Crippen molar-refractivity contribution < 1.29 is 9.53 Å². The third-order valence-corrected chi connectivity index (χ3v) is 5.16. The van der Waals surface area contributed by atoms with Crippen molar-refractivity contribution in [2.45, 2.75) is 18.9 Å². The molecular weight excluding hydrogens is 316 g/mol. The summed E-state index contributed by atoms with van der Waals surface area (Å²) in [5.41, 5.74) is 2.49. The molecule has 3 heterocycles. The SMILES string of the molecule is Cn1ccnc1N1CCN(C(=O)CC2OCCc3ccccc32)CC1. The van der Waals surface area contributed by atoms with Gasteiger partial charge in [0.15, 0.2) is 0 Å². The summed E-state index contributed by atoms with van der Waals surface area (Å²) in [6, 6.07) is 8.31. The molecule has 1 saturated heterocycles. The van der Waals surface area contributed by atoms with Crippen LogP contribution in [0.5, 0.6) is 0 Å². The average molecular weight is 340 g/mol. The van der Waals surface area contributed by atoms with E-state index < -0.39 is 0 Å². The minimum atomic E-state index is -0.106. The normalized spacial score (nSPS) is 20.4. The number of benzene rings is 1. The number of aromatic nitrogens is 2. The first kappa shape index (κ1) is 16.1. The Balaban J connectivity index is 1.36. The number of imidazole rings is 1. The summed E-state index contributed by atoms with van der Waals surface area (Å²) >= 11 is 0. The third kappa shape index (κ3) is 3.26. The Morgan fingerprint density at radius 1 is 1.24 bits per heavy atom. The maximum absolute atomic E-state index is 12.7. The largest absolute Gasteiger partial charge is 0.373 e. The van der Waals surface area contributed by atoms with Crippen molar-refractivity contribution >= 4 is 11.9 Å². The Morgan fingerprint density at radius 2 is 2.04 bits per heavy atom. The fourth-order valence-electron chi connectivity index (χ4n) is 3.75. The highest BCUT2D eigenvalue weighted by atomic mass is 16.5. The van der Waals surface area contributed by atoms with Crippen molar-refractivity contribution in [1.82, 2.24) is 14.5 Å². The van der Waals surface area contributed by atoms with Gasteiger partial charge in [0.25, 0.3) is 0 Å². The summed E-state index contributed by atoms with van der Waals surface area (Å²) in [4.78, 5) is 21.3. The zero-order chi connectivity index (χ0) is 17.2. The molecule has 2 aliphatic heterocycles. The molecule has 4 rings (SSSR count). The topological polar surface area (TPSA) is 50.6 Å². The fourth-order valence-corrected chi connectivity index (χ4v) is 3.75. The summed E-state index contributed by atoms with van der Waals surface area (Å²) in [7, 11) is 2.00. The van der Waals surface area contributed by atoms with Gasteiger partial charge in [-0.1, -0.05) is 24.3 Å². The van der Waals surface area contributed by atoms with E-state index in [0.29, 0.717) is 13.0 Å². The van der Waals surface area contributed by atoms with Crippen LogP contribution in [-0.4, -0.2) is 53.1 Å². The summed E-state index contributed by atoms with van der Waals surface area (Å²) in [5, 5.41) is 0. The second kappa shape index (κ2) is 6.88. The van der Waals surface area contributed by atoms with Gasteiger partial charge in [-0.2, -0.15) is 0 Å². The fraction of sp³-hybridized carbons (Fsp3) is 0.474. The van der Waals surface area contributed by atoms with Crippen LogP contribution < -0.4 is 4.90 Å². The molecule has 2 aromatic rings. The highest BCUT2D eigenvalue weighted by Gasteiger charge is 2.28. The lowest BCUT2D eigenvalue weighted by molar-refractivity contribution is -0.135. The van der Waals surface area contributed by atoms with Crippen LogP contribution in [0, 0.1) is 0 Å². The van der Waals surface area contributed by atoms with Crippen LogP contribution in [0.1, 0.15) is 23.7 Å². The molecule has 6 nitrogen and oxygen atoms in total. The summed E-state index contributed by atoms with van der Waals surface area (Å²) in [5.74, 6) is 1.15. The Hall–Kier alpha value is -2.34. The molecular formula is C19H24N4O2. The molecule has 1 fully saturated rings. The van der Waals surface area contributed by atoms with Crippen LogP contribution in [-0.2, 0) is 23.0 Å². The third-order valence-electron chi connectivity index (χ3n) is 5.16. The second-order valence-electron chi connectivity index (χ2n) is 6.72. The highest BCUT2D eigenvalue weighted by Crippen LogP contribution is 2.30. The number of anilines is 1. The van der Waals surface area contributed by atoms with Gasteiger partial charge in [-0.05, 0) is 17.5 Å². The molecule has 1 amide bonds. The monoisotopic (exact) mass is 340 g/mol. The van der Waals surface area contributed by atoms with E-state index in [9.17, 15) is 4.79 Å². The molecule has 2 aliphatic rings. The van der Waals surface area contributed by atoms with Crippen molar-refractivity contribution in [2.24, 2.45) is 7.05 Å². The molecule has 6 heteroatoms. The van der Waals surface area contributed by atoms with Crippen molar-refractivity contribution in [1.29, 1.82) is 0 Å². The lowest BCUT2D eigenvalue weighted by atomic mass is 9.95. The first-order valence-electron chi connectivity index (χ1n) is 8.92. The van der Waals surface area contributed by atoms with Gasteiger partial charge >= 0.3 is 0 Å². The summed E-state index contributed by atoms with van der Waals surface area (Å²) in [6.07, 6.45) is 5.02. The van der Waals surface area contributed by atoms with Gasteiger partial charge in [-0.15, -0.1) is 0 Å². The molecule has 0 radical (unpaired) electrons. The molecule has 0 spiro atoms. The average Bonchev–Trinajstić information content (AvgIpc) is 3.08. The molecule has 0 aliphatic carbocycles. The number of piperazine rings is 1. The van der Waals surface area contributed by atoms with E-state index in [2.05, 4.69) is 28.1 Å². The van der Waals surface area contributed by atoms with E-state index in [1.807, 2.05) is 35.0 Å². The van der Waals surface area contributed by atoms with E-state index in [1.54, 1.807) is 0 Å². The number of carbonyl (C=O) groups is 1.